The van der Waals surface area contributed by atoms with E-state index in [1.165, 1.54) is 36.2 Å². The number of fused-ring (bicyclic) bond motifs is 1. The standard InChI is InChI=1S/C15H21N3/c1-3-15-17-13-8-7-11(10-14(13)18(15)2)12-6-4-5-9-16-12/h7-8,10,12,16H,3-6,9H2,1-2H3. The quantitative estimate of drug-likeness (QED) is 0.879. The van der Waals surface area contributed by atoms with Gasteiger partial charge in [0.15, 0.2) is 0 Å². The van der Waals surface area contributed by atoms with E-state index in [0.717, 1.165) is 18.5 Å². The van der Waals surface area contributed by atoms with Crippen LogP contribution in [0.25, 0.3) is 11.0 Å². The van der Waals surface area contributed by atoms with Crippen LogP contribution in [0.15, 0.2) is 18.2 Å². The van der Waals surface area contributed by atoms with Crippen LogP contribution in [-0.4, -0.2) is 16.1 Å². The number of aryl methyl sites for hydroxylation is 2. The predicted molar refractivity (Wildman–Crippen MR) is 74.7 cm³/mol. The first-order valence-electron chi connectivity index (χ1n) is 6.98. The Morgan fingerprint density at radius 3 is 3.00 bits per heavy atom. The maximum atomic E-state index is 4.66. The largest absolute Gasteiger partial charge is 0.331 e. The van der Waals surface area contributed by atoms with Crippen LogP contribution < -0.4 is 5.32 Å². The molecule has 1 aliphatic heterocycles. The van der Waals surface area contributed by atoms with Crippen LogP contribution in [-0.2, 0) is 13.5 Å². The lowest BCUT2D eigenvalue weighted by atomic mass is 9.97. The smallest absolute Gasteiger partial charge is 0.109 e. The van der Waals surface area contributed by atoms with Gasteiger partial charge in [0.25, 0.3) is 0 Å². The van der Waals surface area contributed by atoms with E-state index >= 15 is 0 Å². The molecule has 1 unspecified atom stereocenters. The summed E-state index contributed by atoms with van der Waals surface area (Å²) in [6.07, 6.45) is 4.89. The Hall–Kier alpha value is -1.35. The zero-order valence-corrected chi connectivity index (χ0v) is 11.2. The molecule has 0 aliphatic carbocycles. The zero-order valence-electron chi connectivity index (χ0n) is 11.2. The Balaban J connectivity index is 2.01. The van der Waals surface area contributed by atoms with Gasteiger partial charge in [0.2, 0.25) is 0 Å². The third kappa shape index (κ3) is 1.93. The average Bonchev–Trinajstić information content (AvgIpc) is 2.76. The Morgan fingerprint density at radius 2 is 2.28 bits per heavy atom. The van der Waals surface area contributed by atoms with E-state index in [4.69, 9.17) is 0 Å². The highest BCUT2D eigenvalue weighted by Crippen LogP contribution is 2.26. The molecule has 1 aliphatic rings. The molecular formula is C15H21N3. The molecule has 0 bridgehead atoms. The lowest BCUT2D eigenvalue weighted by molar-refractivity contribution is 0.412. The van der Waals surface area contributed by atoms with E-state index in [0.29, 0.717) is 6.04 Å². The van der Waals surface area contributed by atoms with Crippen molar-refractivity contribution < 1.29 is 0 Å². The molecule has 1 N–H and O–H groups in total. The summed E-state index contributed by atoms with van der Waals surface area (Å²) in [4.78, 5) is 4.66. The summed E-state index contributed by atoms with van der Waals surface area (Å²) in [7, 11) is 2.12. The second-order valence-electron chi connectivity index (χ2n) is 5.19. The number of hydrogen-bond acceptors (Lipinski definition) is 2. The first kappa shape index (κ1) is 11.7. The molecule has 0 radical (unpaired) electrons. The number of benzene rings is 1. The van der Waals surface area contributed by atoms with Crippen molar-refractivity contribution in [3.63, 3.8) is 0 Å². The van der Waals surface area contributed by atoms with Gasteiger partial charge >= 0.3 is 0 Å². The minimum atomic E-state index is 0.531. The molecule has 1 saturated heterocycles. The molecule has 2 heterocycles. The van der Waals surface area contributed by atoms with Gasteiger partial charge in [-0.2, -0.15) is 0 Å². The SMILES string of the molecule is CCc1nc2ccc(C3CCCCN3)cc2n1C. The molecule has 1 aromatic carbocycles. The lowest BCUT2D eigenvalue weighted by Gasteiger charge is -2.23. The number of nitrogens with one attached hydrogen (secondary N) is 1. The van der Waals surface area contributed by atoms with Gasteiger partial charge < -0.3 is 9.88 Å². The van der Waals surface area contributed by atoms with Gasteiger partial charge in [-0.1, -0.05) is 19.4 Å². The molecule has 1 atom stereocenters. The minimum Gasteiger partial charge on any atom is -0.331 e. The van der Waals surface area contributed by atoms with E-state index in [1.54, 1.807) is 0 Å². The second-order valence-corrected chi connectivity index (χ2v) is 5.19. The highest BCUT2D eigenvalue weighted by atomic mass is 15.1. The van der Waals surface area contributed by atoms with Crippen LogP contribution in [0.3, 0.4) is 0 Å². The molecule has 1 aromatic heterocycles. The zero-order chi connectivity index (χ0) is 12.5. The van der Waals surface area contributed by atoms with E-state index < -0.39 is 0 Å². The minimum absolute atomic E-state index is 0.531. The van der Waals surface area contributed by atoms with Crippen molar-refractivity contribution in [2.45, 2.75) is 38.6 Å². The summed E-state index contributed by atoms with van der Waals surface area (Å²) in [6.45, 7) is 3.30. The molecule has 3 nitrogen and oxygen atoms in total. The number of piperidine rings is 1. The summed E-state index contributed by atoms with van der Waals surface area (Å²) in [5, 5.41) is 3.61. The Bertz CT molecular complexity index is 550. The summed E-state index contributed by atoms with van der Waals surface area (Å²) >= 11 is 0. The molecule has 3 heteroatoms. The van der Waals surface area contributed by atoms with Crippen molar-refractivity contribution in [2.75, 3.05) is 6.54 Å². The molecule has 0 spiro atoms. The first-order valence-corrected chi connectivity index (χ1v) is 6.98. The fourth-order valence-corrected chi connectivity index (χ4v) is 2.93. The van der Waals surface area contributed by atoms with E-state index in [9.17, 15) is 0 Å². The van der Waals surface area contributed by atoms with Crippen LogP contribution in [0, 0.1) is 0 Å². The first-order chi connectivity index (χ1) is 8.79. The summed E-state index contributed by atoms with van der Waals surface area (Å²) < 4.78 is 2.22. The van der Waals surface area contributed by atoms with Crippen LogP contribution in [0.2, 0.25) is 0 Å². The topological polar surface area (TPSA) is 29.9 Å². The summed E-state index contributed by atoms with van der Waals surface area (Å²) in [5.41, 5.74) is 3.79. The van der Waals surface area contributed by atoms with Crippen LogP contribution in [0.4, 0.5) is 0 Å². The van der Waals surface area contributed by atoms with Crippen molar-refractivity contribution in [1.29, 1.82) is 0 Å². The summed E-state index contributed by atoms with van der Waals surface area (Å²) in [6, 6.07) is 7.24. The van der Waals surface area contributed by atoms with Gasteiger partial charge in [0, 0.05) is 19.5 Å². The van der Waals surface area contributed by atoms with E-state index in [-0.39, 0.29) is 0 Å². The number of rotatable bonds is 2. The fraction of sp³-hybridized carbons (Fsp3) is 0.533. The number of hydrogen-bond donors (Lipinski definition) is 1. The second kappa shape index (κ2) is 4.73. The molecular weight excluding hydrogens is 222 g/mol. The number of aromatic nitrogens is 2. The number of nitrogens with zero attached hydrogens (tertiary/aromatic N) is 2. The normalized spacial score (nSPS) is 20.4. The van der Waals surface area contributed by atoms with Gasteiger partial charge in [0.05, 0.1) is 11.0 Å². The molecule has 96 valence electrons. The van der Waals surface area contributed by atoms with E-state index in [1.807, 2.05) is 0 Å². The van der Waals surface area contributed by atoms with Crippen LogP contribution in [0.1, 0.15) is 43.6 Å². The number of imidazole rings is 1. The van der Waals surface area contributed by atoms with Crippen molar-refractivity contribution >= 4 is 11.0 Å². The molecule has 3 rings (SSSR count). The Labute approximate surface area is 108 Å². The predicted octanol–water partition coefficient (Wildman–Crippen LogP) is 2.95. The molecule has 2 aromatic rings. The van der Waals surface area contributed by atoms with Gasteiger partial charge in [0.1, 0.15) is 5.82 Å². The van der Waals surface area contributed by atoms with Crippen LogP contribution in [0.5, 0.6) is 0 Å². The van der Waals surface area contributed by atoms with Crippen molar-refractivity contribution in [3.05, 3.63) is 29.6 Å². The Morgan fingerprint density at radius 1 is 1.39 bits per heavy atom. The average molecular weight is 243 g/mol. The molecule has 18 heavy (non-hydrogen) atoms. The third-order valence-corrected chi connectivity index (χ3v) is 4.03. The van der Waals surface area contributed by atoms with Crippen molar-refractivity contribution in [2.24, 2.45) is 7.05 Å². The Kier molecular flexibility index (Phi) is 3.08. The summed E-state index contributed by atoms with van der Waals surface area (Å²) in [5.74, 6) is 1.17. The van der Waals surface area contributed by atoms with Gasteiger partial charge in [-0.05, 0) is 37.1 Å². The molecule has 0 amide bonds. The van der Waals surface area contributed by atoms with Gasteiger partial charge in [-0.3, -0.25) is 0 Å². The van der Waals surface area contributed by atoms with Crippen molar-refractivity contribution in [1.82, 2.24) is 14.9 Å². The maximum Gasteiger partial charge on any atom is 0.109 e. The lowest BCUT2D eigenvalue weighted by Crippen LogP contribution is -2.26. The third-order valence-electron chi connectivity index (χ3n) is 4.03. The van der Waals surface area contributed by atoms with Crippen LogP contribution >= 0.6 is 0 Å². The maximum absolute atomic E-state index is 4.66. The highest BCUT2D eigenvalue weighted by Gasteiger charge is 2.16. The monoisotopic (exact) mass is 243 g/mol. The molecule has 0 saturated carbocycles. The van der Waals surface area contributed by atoms with Gasteiger partial charge in [-0.15, -0.1) is 0 Å². The van der Waals surface area contributed by atoms with Gasteiger partial charge in [-0.25, -0.2) is 4.98 Å². The van der Waals surface area contributed by atoms with Crippen molar-refractivity contribution in [3.8, 4) is 0 Å². The van der Waals surface area contributed by atoms with E-state index in [2.05, 4.69) is 47.0 Å². The fourth-order valence-electron chi connectivity index (χ4n) is 2.93. The highest BCUT2D eigenvalue weighted by molar-refractivity contribution is 5.77. The molecule has 1 fully saturated rings.